The number of hydrogen-bond acceptors (Lipinski definition) is 3. The summed E-state index contributed by atoms with van der Waals surface area (Å²) < 4.78 is 38.4. The topological polar surface area (TPSA) is 35.5 Å². The van der Waals surface area contributed by atoms with E-state index in [0.29, 0.717) is 17.2 Å². The minimum absolute atomic E-state index is 0.0313. The molecule has 0 bridgehead atoms. The van der Waals surface area contributed by atoms with E-state index in [1.807, 2.05) is 6.92 Å². The summed E-state index contributed by atoms with van der Waals surface area (Å²) in [5, 5.41) is 1.14. The summed E-state index contributed by atoms with van der Waals surface area (Å²) >= 11 is 0. The molecule has 0 fully saturated rings. The van der Waals surface area contributed by atoms with Crippen LogP contribution in [0.25, 0.3) is 21.5 Å². The summed E-state index contributed by atoms with van der Waals surface area (Å²) in [4.78, 5) is 11.8. The molecule has 0 aliphatic rings. The zero-order valence-electron chi connectivity index (χ0n) is 12.4. The maximum absolute atomic E-state index is 14.3. The smallest absolute Gasteiger partial charge is 0.434 e. The standard InChI is InChI=1S/C18H14F2O3/c1-2-9-22-18(21)23-17-12-6-4-3-5-11(12)10-13-14(19)7-8-15(20)16(13)17/h3-8,10H,2,9H2,1H3. The molecule has 23 heavy (non-hydrogen) atoms. The predicted octanol–water partition coefficient (Wildman–Crippen LogP) is 5.20. The highest BCUT2D eigenvalue weighted by atomic mass is 19.1. The van der Waals surface area contributed by atoms with Crippen molar-refractivity contribution in [3.63, 3.8) is 0 Å². The fourth-order valence-electron chi connectivity index (χ4n) is 2.46. The van der Waals surface area contributed by atoms with Crippen LogP contribution in [0.15, 0.2) is 42.5 Å². The van der Waals surface area contributed by atoms with Crippen LogP contribution >= 0.6 is 0 Å². The lowest BCUT2D eigenvalue weighted by Gasteiger charge is -2.12. The molecule has 3 aromatic rings. The first-order chi connectivity index (χ1) is 11.1. The van der Waals surface area contributed by atoms with Crippen molar-refractivity contribution in [2.45, 2.75) is 13.3 Å². The van der Waals surface area contributed by atoms with Gasteiger partial charge in [0.15, 0.2) is 5.75 Å². The number of carbonyl (C=O) groups is 1. The summed E-state index contributed by atoms with van der Waals surface area (Å²) in [5.74, 6) is -1.28. The van der Waals surface area contributed by atoms with Crippen LogP contribution < -0.4 is 4.74 Å². The van der Waals surface area contributed by atoms with Crippen LogP contribution in [0, 0.1) is 11.6 Å². The third-order valence-corrected chi connectivity index (χ3v) is 3.48. The van der Waals surface area contributed by atoms with Crippen molar-refractivity contribution >= 4 is 27.7 Å². The van der Waals surface area contributed by atoms with Crippen molar-refractivity contribution < 1.29 is 23.0 Å². The van der Waals surface area contributed by atoms with Crippen molar-refractivity contribution in [1.82, 2.24) is 0 Å². The molecule has 0 amide bonds. The van der Waals surface area contributed by atoms with Crippen LogP contribution in [0.2, 0.25) is 0 Å². The molecule has 0 heterocycles. The quantitative estimate of drug-likeness (QED) is 0.378. The van der Waals surface area contributed by atoms with Gasteiger partial charge in [-0.1, -0.05) is 31.2 Å². The van der Waals surface area contributed by atoms with E-state index in [0.717, 1.165) is 12.1 Å². The molecule has 0 radical (unpaired) electrons. The molecule has 118 valence electrons. The van der Waals surface area contributed by atoms with Gasteiger partial charge in [-0.25, -0.2) is 13.6 Å². The maximum atomic E-state index is 14.3. The van der Waals surface area contributed by atoms with Gasteiger partial charge in [0.1, 0.15) is 11.6 Å². The van der Waals surface area contributed by atoms with E-state index < -0.39 is 17.8 Å². The highest BCUT2D eigenvalue weighted by Gasteiger charge is 2.18. The maximum Gasteiger partial charge on any atom is 0.513 e. The molecule has 0 N–H and O–H groups in total. The molecule has 0 aliphatic carbocycles. The highest BCUT2D eigenvalue weighted by molar-refractivity contribution is 6.06. The summed E-state index contributed by atoms with van der Waals surface area (Å²) in [6.07, 6.45) is -0.304. The van der Waals surface area contributed by atoms with Crippen molar-refractivity contribution in [2.24, 2.45) is 0 Å². The largest absolute Gasteiger partial charge is 0.513 e. The Kier molecular flexibility index (Phi) is 4.10. The lowest BCUT2D eigenvalue weighted by Crippen LogP contribution is -2.12. The van der Waals surface area contributed by atoms with Gasteiger partial charge in [0, 0.05) is 10.8 Å². The Morgan fingerprint density at radius 3 is 2.57 bits per heavy atom. The molecule has 0 saturated carbocycles. The van der Waals surface area contributed by atoms with Gasteiger partial charge in [0.2, 0.25) is 0 Å². The summed E-state index contributed by atoms with van der Waals surface area (Å²) in [7, 11) is 0. The van der Waals surface area contributed by atoms with Gasteiger partial charge in [-0.2, -0.15) is 0 Å². The average molecular weight is 316 g/mol. The fraction of sp³-hybridized carbons (Fsp3) is 0.167. The van der Waals surface area contributed by atoms with E-state index in [4.69, 9.17) is 9.47 Å². The van der Waals surface area contributed by atoms with Gasteiger partial charge in [-0.05, 0) is 30.0 Å². The first kappa shape index (κ1) is 15.2. The molecule has 3 aromatic carbocycles. The van der Waals surface area contributed by atoms with Crippen LogP contribution in [-0.4, -0.2) is 12.8 Å². The van der Waals surface area contributed by atoms with Gasteiger partial charge in [0.05, 0.1) is 12.0 Å². The van der Waals surface area contributed by atoms with E-state index in [1.54, 1.807) is 24.3 Å². The molecule has 3 nitrogen and oxygen atoms in total. The second-order valence-corrected chi connectivity index (χ2v) is 5.08. The average Bonchev–Trinajstić information content (AvgIpc) is 2.56. The van der Waals surface area contributed by atoms with Crippen molar-refractivity contribution in [3.8, 4) is 5.75 Å². The molecular formula is C18H14F2O3. The Morgan fingerprint density at radius 1 is 1.04 bits per heavy atom. The molecule has 0 aromatic heterocycles. The molecule has 0 saturated heterocycles. The lowest BCUT2D eigenvalue weighted by molar-refractivity contribution is 0.100. The third-order valence-electron chi connectivity index (χ3n) is 3.48. The van der Waals surface area contributed by atoms with Crippen LogP contribution in [0.1, 0.15) is 13.3 Å². The minimum atomic E-state index is -0.937. The monoisotopic (exact) mass is 316 g/mol. The Hall–Kier alpha value is -2.69. The predicted molar refractivity (Wildman–Crippen MR) is 83.6 cm³/mol. The number of carbonyl (C=O) groups excluding carboxylic acids is 1. The molecular weight excluding hydrogens is 302 g/mol. The van der Waals surface area contributed by atoms with Gasteiger partial charge in [0.25, 0.3) is 0 Å². The summed E-state index contributed by atoms with van der Waals surface area (Å²) in [6, 6.07) is 10.5. The third kappa shape index (κ3) is 2.82. The molecule has 3 rings (SSSR count). The first-order valence-electron chi connectivity index (χ1n) is 7.26. The second-order valence-electron chi connectivity index (χ2n) is 5.08. The van der Waals surface area contributed by atoms with Gasteiger partial charge >= 0.3 is 6.16 Å². The van der Waals surface area contributed by atoms with E-state index in [-0.39, 0.29) is 23.1 Å². The Morgan fingerprint density at radius 2 is 1.78 bits per heavy atom. The Labute approximate surface area is 131 Å². The molecule has 0 aliphatic heterocycles. The van der Waals surface area contributed by atoms with E-state index in [1.165, 1.54) is 6.07 Å². The van der Waals surface area contributed by atoms with Crippen LogP contribution in [-0.2, 0) is 4.74 Å². The Balaban J connectivity index is 2.25. The highest BCUT2D eigenvalue weighted by Crippen LogP contribution is 2.37. The van der Waals surface area contributed by atoms with Crippen LogP contribution in [0.5, 0.6) is 5.75 Å². The van der Waals surface area contributed by atoms with Gasteiger partial charge in [-0.15, -0.1) is 0 Å². The van der Waals surface area contributed by atoms with E-state index >= 15 is 0 Å². The molecule has 0 unspecified atom stereocenters. The van der Waals surface area contributed by atoms with Crippen molar-refractivity contribution in [3.05, 3.63) is 54.1 Å². The second kappa shape index (κ2) is 6.20. The molecule has 0 atom stereocenters. The van der Waals surface area contributed by atoms with Crippen LogP contribution in [0.4, 0.5) is 13.6 Å². The van der Waals surface area contributed by atoms with Crippen molar-refractivity contribution in [1.29, 1.82) is 0 Å². The minimum Gasteiger partial charge on any atom is -0.434 e. The number of halogens is 2. The van der Waals surface area contributed by atoms with Crippen LogP contribution in [0.3, 0.4) is 0 Å². The number of benzene rings is 3. The lowest BCUT2D eigenvalue weighted by atomic mass is 10.0. The van der Waals surface area contributed by atoms with Gasteiger partial charge in [-0.3, -0.25) is 0 Å². The zero-order chi connectivity index (χ0) is 16.4. The van der Waals surface area contributed by atoms with E-state index in [9.17, 15) is 13.6 Å². The summed E-state index contributed by atoms with van der Waals surface area (Å²) in [5.41, 5.74) is 0. The number of hydrogen-bond donors (Lipinski definition) is 0. The zero-order valence-corrected chi connectivity index (χ0v) is 12.4. The molecule has 0 spiro atoms. The first-order valence-corrected chi connectivity index (χ1v) is 7.26. The molecule has 5 heteroatoms. The normalized spacial score (nSPS) is 10.9. The number of fused-ring (bicyclic) bond motifs is 2. The fourth-order valence-corrected chi connectivity index (χ4v) is 2.46. The Bertz CT molecular complexity index is 890. The van der Waals surface area contributed by atoms with E-state index in [2.05, 4.69) is 0 Å². The van der Waals surface area contributed by atoms with Gasteiger partial charge < -0.3 is 9.47 Å². The summed E-state index contributed by atoms with van der Waals surface area (Å²) in [6.45, 7) is 2.04. The van der Waals surface area contributed by atoms with Crippen molar-refractivity contribution in [2.75, 3.05) is 6.61 Å². The number of rotatable bonds is 3. The SMILES string of the molecule is CCCOC(=O)Oc1c2ccccc2cc2c(F)ccc(F)c12. The number of ether oxygens (including phenoxy) is 2.